The van der Waals surface area contributed by atoms with Crippen LogP contribution in [-0.2, 0) is 11.0 Å². The summed E-state index contributed by atoms with van der Waals surface area (Å²) in [6, 6.07) is 4.46. The number of hydrogen-bond donors (Lipinski definition) is 2. The molecule has 0 radical (unpaired) electrons. The van der Waals surface area contributed by atoms with E-state index in [4.69, 9.17) is 11.0 Å². The van der Waals surface area contributed by atoms with Crippen LogP contribution in [0.3, 0.4) is 0 Å². The first kappa shape index (κ1) is 15.0. The molecule has 1 amide bonds. The average molecular weight is 271 g/mol. The van der Waals surface area contributed by atoms with Gasteiger partial charge in [-0.2, -0.15) is 18.4 Å². The lowest BCUT2D eigenvalue weighted by Gasteiger charge is -2.13. The van der Waals surface area contributed by atoms with Gasteiger partial charge in [0, 0.05) is 18.2 Å². The number of nitriles is 1. The number of halogens is 3. The highest BCUT2D eigenvalue weighted by molar-refractivity contribution is 5.92. The molecule has 0 saturated carbocycles. The number of amides is 1. The molecule has 0 bridgehead atoms. The summed E-state index contributed by atoms with van der Waals surface area (Å²) in [6.45, 7) is 1.65. The smallest absolute Gasteiger partial charge is 0.330 e. The van der Waals surface area contributed by atoms with Gasteiger partial charge in [0.05, 0.1) is 17.2 Å². The van der Waals surface area contributed by atoms with Crippen LogP contribution in [0, 0.1) is 17.2 Å². The van der Waals surface area contributed by atoms with Crippen molar-refractivity contribution in [3.8, 4) is 6.07 Å². The fraction of sp³-hybridized carbons (Fsp3) is 0.333. The number of nitrogens with zero attached hydrogens (tertiary/aromatic N) is 1. The molecule has 19 heavy (non-hydrogen) atoms. The summed E-state index contributed by atoms with van der Waals surface area (Å²) >= 11 is 0. The summed E-state index contributed by atoms with van der Waals surface area (Å²) in [4.78, 5) is 11.5. The van der Waals surface area contributed by atoms with Crippen molar-refractivity contribution < 1.29 is 18.0 Å². The van der Waals surface area contributed by atoms with Crippen LogP contribution in [0.4, 0.5) is 18.9 Å². The van der Waals surface area contributed by atoms with E-state index in [1.807, 2.05) is 0 Å². The molecular formula is C12H12F3N3O. The summed E-state index contributed by atoms with van der Waals surface area (Å²) in [5.74, 6) is -0.981. The molecule has 102 valence electrons. The number of rotatable bonds is 3. The number of benzene rings is 1. The van der Waals surface area contributed by atoms with Gasteiger partial charge < -0.3 is 11.1 Å². The molecule has 0 heterocycles. The topological polar surface area (TPSA) is 78.9 Å². The van der Waals surface area contributed by atoms with E-state index in [0.29, 0.717) is 0 Å². The van der Waals surface area contributed by atoms with Crippen molar-refractivity contribution in [2.24, 2.45) is 11.7 Å². The Morgan fingerprint density at radius 3 is 2.63 bits per heavy atom. The van der Waals surface area contributed by atoms with E-state index < -0.39 is 29.1 Å². The zero-order valence-electron chi connectivity index (χ0n) is 10.1. The number of carbonyl (C=O) groups is 1. The molecule has 1 unspecified atom stereocenters. The SMILES string of the molecule is CC(CN)C(=O)Nc1ccc(C#N)c(C(F)(F)F)c1. The van der Waals surface area contributed by atoms with Crippen molar-refractivity contribution in [1.29, 1.82) is 5.26 Å². The molecule has 4 nitrogen and oxygen atoms in total. The van der Waals surface area contributed by atoms with Crippen LogP contribution < -0.4 is 11.1 Å². The van der Waals surface area contributed by atoms with Gasteiger partial charge in [-0.25, -0.2) is 0 Å². The van der Waals surface area contributed by atoms with Gasteiger partial charge in [-0.3, -0.25) is 4.79 Å². The fourth-order valence-electron chi connectivity index (χ4n) is 1.33. The van der Waals surface area contributed by atoms with Crippen molar-refractivity contribution >= 4 is 11.6 Å². The Morgan fingerprint density at radius 1 is 1.53 bits per heavy atom. The minimum Gasteiger partial charge on any atom is -0.330 e. The maximum absolute atomic E-state index is 12.7. The second kappa shape index (κ2) is 5.71. The molecule has 0 fully saturated rings. The van der Waals surface area contributed by atoms with Crippen molar-refractivity contribution in [1.82, 2.24) is 0 Å². The van der Waals surface area contributed by atoms with E-state index >= 15 is 0 Å². The first-order chi connectivity index (χ1) is 8.79. The second-order valence-electron chi connectivity index (χ2n) is 4.00. The molecule has 0 aliphatic rings. The molecule has 1 rings (SSSR count). The van der Waals surface area contributed by atoms with Gasteiger partial charge in [-0.1, -0.05) is 6.92 Å². The molecule has 7 heteroatoms. The molecule has 0 saturated heterocycles. The largest absolute Gasteiger partial charge is 0.417 e. The van der Waals surface area contributed by atoms with Gasteiger partial charge in [0.1, 0.15) is 0 Å². The molecule has 0 aliphatic heterocycles. The predicted octanol–water partition coefficient (Wildman–Crippen LogP) is 2.11. The standard InChI is InChI=1S/C12H12F3N3O/c1-7(5-16)11(19)18-9-3-2-8(6-17)10(4-9)12(13,14)15/h2-4,7H,5,16H2,1H3,(H,18,19). The molecular weight excluding hydrogens is 259 g/mol. The van der Waals surface area contributed by atoms with Gasteiger partial charge >= 0.3 is 6.18 Å². The molecule has 1 atom stereocenters. The first-order valence-corrected chi connectivity index (χ1v) is 5.42. The molecule has 0 aromatic heterocycles. The lowest BCUT2D eigenvalue weighted by atomic mass is 10.1. The lowest BCUT2D eigenvalue weighted by Crippen LogP contribution is -2.26. The molecule has 1 aromatic carbocycles. The van der Waals surface area contributed by atoms with E-state index in [0.717, 1.165) is 12.1 Å². The maximum Gasteiger partial charge on any atom is 0.417 e. The van der Waals surface area contributed by atoms with Crippen LogP contribution in [0.25, 0.3) is 0 Å². The molecule has 0 spiro atoms. The third-order valence-electron chi connectivity index (χ3n) is 2.51. The van der Waals surface area contributed by atoms with Crippen LogP contribution in [0.15, 0.2) is 18.2 Å². The van der Waals surface area contributed by atoms with Crippen LogP contribution in [0.1, 0.15) is 18.1 Å². The van der Waals surface area contributed by atoms with Gasteiger partial charge in [0.15, 0.2) is 0 Å². The highest BCUT2D eigenvalue weighted by Crippen LogP contribution is 2.33. The normalized spacial score (nSPS) is 12.6. The number of nitrogens with one attached hydrogen (secondary N) is 1. The van der Waals surface area contributed by atoms with Crippen molar-refractivity contribution in [3.05, 3.63) is 29.3 Å². The number of hydrogen-bond acceptors (Lipinski definition) is 3. The Kier molecular flexibility index (Phi) is 4.51. The zero-order chi connectivity index (χ0) is 14.6. The number of anilines is 1. The quantitative estimate of drug-likeness (QED) is 0.883. The van der Waals surface area contributed by atoms with Crippen molar-refractivity contribution in [2.45, 2.75) is 13.1 Å². The predicted molar refractivity (Wildman–Crippen MR) is 63.0 cm³/mol. The van der Waals surface area contributed by atoms with Crippen LogP contribution >= 0.6 is 0 Å². The minimum atomic E-state index is -4.65. The zero-order valence-corrected chi connectivity index (χ0v) is 10.1. The molecule has 3 N–H and O–H groups in total. The third-order valence-corrected chi connectivity index (χ3v) is 2.51. The Morgan fingerprint density at radius 2 is 2.16 bits per heavy atom. The van der Waals surface area contributed by atoms with Gasteiger partial charge in [0.2, 0.25) is 5.91 Å². The Labute approximate surface area is 108 Å². The van der Waals surface area contributed by atoms with E-state index in [1.54, 1.807) is 6.92 Å². The average Bonchev–Trinajstić information content (AvgIpc) is 2.36. The Bertz CT molecular complexity index is 520. The van der Waals surface area contributed by atoms with E-state index in [2.05, 4.69) is 5.32 Å². The summed E-state index contributed by atoms with van der Waals surface area (Å²) in [7, 11) is 0. The summed E-state index contributed by atoms with van der Waals surface area (Å²) in [6.07, 6.45) is -4.65. The highest BCUT2D eigenvalue weighted by atomic mass is 19.4. The monoisotopic (exact) mass is 271 g/mol. The summed E-state index contributed by atoms with van der Waals surface area (Å²) in [5.41, 5.74) is 3.71. The van der Waals surface area contributed by atoms with E-state index in [1.165, 1.54) is 12.1 Å². The molecule has 1 aromatic rings. The summed E-state index contributed by atoms with van der Waals surface area (Å²) in [5, 5.41) is 11.0. The lowest BCUT2D eigenvalue weighted by molar-refractivity contribution is -0.137. The highest BCUT2D eigenvalue weighted by Gasteiger charge is 2.34. The second-order valence-corrected chi connectivity index (χ2v) is 4.00. The van der Waals surface area contributed by atoms with E-state index in [-0.39, 0.29) is 12.2 Å². The van der Waals surface area contributed by atoms with Crippen LogP contribution in [0.5, 0.6) is 0 Å². The third kappa shape index (κ3) is 3.69. The van der Waals surface area contributed by atoms with Gasteiger partial charge in [0.25, 0.3) is 0 Å². The number of alkyl halides is 3. The minimum absolute atomic E-state index is 0.0170. The Balaban J connectivity index is 3.07. The van der Waals surface area contributed by atoms with Gasteiger partial charge in [-0.05, 0) is 18.2 Å². The maximum atomic E-state index is 12.7. The Hall–Kier alpha value is -2.07. The first-order valence-electron chi connectivity index (χ1n) is 5.42. The van der Waals surface area contributed by atoms with Crippen molar-refractivity contribution in [3.63, 3.8) is 0 Å². The van der Waals surface area contributed by atoms with Gasteiger partial charge in [-0.15, -0.1) is 0 Å². The summed E-state index contributed by atoms with van der Waals surface area (Å²) < 4.78 is 38.1. The number of carbonyl (C=O) groups excluding carboxylic acids is 1. The molecule has 0 aliphatic carbocycles. The number of nitrogens with two attached hydrogens (primary N) is 1. The van der Waals surface area contributed by atoms with Crippen molar-refractivity contribution in [2.75, 3.05) is 11.9 Å². The van der Waals surface area contributed by atoms with Crippen LogP contribution in [-0.4, -0.2) is 12.5 Å². The van der Waals surface area contributed by atoms with Crippen LogP contribution in [0.2, 0.25) is 0 Å². The van der Waals surface area contributed by atoms with E-state index in [9.17, 15) is 18.0 Å². The fourth-order valence-corrected chi connectivity index (χ4v) is 1.33.